The molecule has 6 nitrogen and oxygen atoms in total. The fraction of sp³-hybridized carbons (Fsp3) is 0.222. The minimum atomic E-state index is -0.231. The molecule has 0 heterocycles. The van der Waals surface area contributed by atoms with Gasteiger partial charge in [-0.1, -0.05) is 51.1 Å². The first-order valence-corrected chi connectivity index (χ1v) is 11.3. The molecule has 3 aromatic carbocycles. The van der Waals surface area contributed by atoms with Gasteiger partial charge in [0.15, 0.2) is 5.11 Å². The Labute approximate surface area is 205 Å². The van der Waals surface area contributed by atoms with E-state index in [-0.39, 0.29) is 28.8 Å². The Morgan fingerprint density at radius 1 is 0.882 bits per heavy atom. The van der Waals surface area contributed by atoms with Gasteiger partial charge in [0.25, 0.3) is 5.91 Å². The summed E-state index contributed by atoms with van der Waals surface area (Å²) in [7, 11) is 1.59. The van der Waals surface area contributed by atoms with Crippen LogP contribution >= 0.6 is 12.2 Å². The monoisotopic (exact) mass is 475 g/mol. The number of carbonyl (C=O) groups excluding carboxylic acids is 2. The van der Waals surface area contributed by atoms with Crippen LogP contribution in [0, 0.1) is 0 Å². The quantitative estimate of drug-likeness (QED) is 0.422. The molecule has 34 heavy (non-hydrogen) atoms. The van der Waals surface area contributed by atoms with E-state index in [0.29, 0.717) is 16.9 Å². The average molecular weight is 476 g/mol. The Morgan fingerprint density at radius 3 is 2.09 bits per heavy atom. The Bertz CT molecular complexity index is 1170. The lowest BCUT2D eigenvalue weighted by Gasteiger charge is -2.19. The molecule has 0 aliphatic carbocycles. The van der Waals surface area contributed by atoms with Crippen molar-refractivity contribution in [3.05, 3.63) is 89.5 Å². The number of nitrogens with one attached hydrogen (secondary N) is 3. The molecule has 3 aromatic rings. The normalized spacial score (nSPS) is 10.8. The second kappa shape index (κ2) is 10.9. The minimum absolute atomic E-state index is 0.0253. The van der Waals surface area contributed by atoms with Gasteiger partial charge in [0.2, 0.25) is 5.91 Å². The third kappa shape index (κ3) is 7.15. The van der Waals surface area contributed by atoms with Gasteiger partial charge < -0.3 is 20.7 Å². The van der Waals surface area contributed by atoms with E-state index in [9.17, 15) is 9.59 Å². The van der Waals surface area contributed by atoms with Crippen molar-refractivity contribution in [2.24, 2.45) is 0 Å². The van der Waals surface area contributed by atoms with Gasteiger partial charge in [-0.2, -0.15) is 0 Å². The Hall–Kier alpha value is -3.71. The Morgan fingerprint density at radius 2 is 1.50 bits per heavy atom. The van der Waals surface area contributed by atoms with Gasteiger partial charge in [0.1, 0.15) is 5.75 Å². The largest absolute Gasteiger partial charge is 0.497 e. The number of hydrogen-bond donors (Lipinski definition) is 3. The van der Waals surface area contributed by atoms with E-state index in [1.54, 1.807) is 43.5 Å². The van der Waals surface area contributed by atoms with E-state index >= 15 is 0 Å². The number of hydrogen-bond acceptors (Lipinski definition) is 4. The number of thiocarbonyl (C=S) groups is 1. The van der Waals surface area contributed by atoms with Crippen molar-refractivity contribution >= 4 is 40.5 Å². The lowest BCUT2D eigenvalue weighted by atomic mass is 9.87. The molecular weight excluding hydrogens is 446 g/mol. The van der Waals surface area contributed by atoms with Gasteiger partial charge in [-0.05, 0) is 71.2 Å². The van der Waals surface area contributed by atoms with Crippen LogP contribution in [0.1, 0.15) is 42.3 Å². The zero-order chi connectivity index (χ0) is 24.7. The van der Waals surface area contributed by atoms with Crippen LogP contribution in [0.3, 0.4) is 0 Å². The summed E-state index contributed by atoms with van der Waals surface area (Å²) in [5.41, 5.74) is 3.88. The van der Waals surface area contributed by atoms with Crippen LogP contribution in [0.15, 0.2) is 72.8 Å². The molecule has 0 fully saturated rings. The standard InChI is InChI=1S/C27H29N3O3S/c1-27(2,3)20-12-10-19(11-13-20)25(32)28-21-6-5-7-22(17-21)29-26(34)30-24(31)16-18-8-14-23(33-4)15-9-18/h5-15,17H,16H2,1-4H3,(H,28,32)(H2,29,30,31,34). The third-order valence-electron chi connectivity index (χ3n) is 5.17. The van der Waals surface area contributed by atoms with Crippen LogP contribution < -0.4 is 20.7 Å². The number of anilines is 2. The van der Waals surface area contributed by atoms with E-state index in [4.69, 9.17) is 17.0 Å². The lowest BCUT2D eigenvalue weighted by molar-refractivity contribution is -0.119. The number of rotatable bonds is 6. The van der Waals surface area contributed by atoms with Crippen LogP contribution in [-0.2, 0) is 16.6 Å². The van der Waals surface area contributed by atoms with Crippen molar-refractivity contribution in [2.75, 3.05) is 17.7 Å². The summed E-state index contributed by atoms with van der Waals surface area (Å²) in [6.07, 6.45) is 0.190. The zero-order valence-electron chi connectivity index (χ0n) is 19.8. The molecule has 0 bridgehead atoms. The summed E-state index contributed by atoms with van der Waals surface area (Å²) in [6.45, 7) is 6.39. The van der Waals surface area contributed by atoms with E-state index in [1.165, 1.54) is 0 Å². The molecule has 0 radical (unpaired) electrons. The van der Waals surface area contributed by atoms with Crippen LogP contribution in [0.2, 0.25) is 0 Å². The minimum Gasteiger partial charge on any atom is -0.497 e. The summed E-state index contributed by atoms with van der Waals surface area (Å²) < 4.78 is 5.12. The fourth-order valence-corrected chi connectivity index (χ4v) is 3.49. The third-order valence-corrected chi connectivity index (χ3v) is 5.37. The highest BCUT2D eigenvalue weighted by molar-refractivity contribution is 7.80. The van der Waals surface area contributed by atoms with Gasteiger partial charge >= 0.3 is 0 Å². The molecule has 176 valence electrons. The summed E-state index contributed by atoms with van der Waals surface area (Å²) >= 11 is 5.27. The molecular formula is C27H29N3O3S. The van der Waals surface area contributed by atoms with Gasteiger partial charge in [-0.15, -0.1) is 0 Å². The van der Waals surface area contributed by atoms with E-state index in [0.717, 1.165) is 16.9 Å². The molecule has 2 amide bonds. The molecule has 3 rings (SSSR count). The van der Waals surface area contributed by atoms with Gasteiger partial charge in [-0.25, -0.2) is 0 Å². The first-order valence-electron chi connectivity index (χ1n) is 10.9. The number of amides is 2. The topological polar surface area (TPSA) is 79.5 Å². The van der Waals surface area contributed by atoms with Crippen LogP contribution in [-0.4, -0.2) is 24.0 Å². The highest BCUT2D eigenvalue weighted by Gasteiger charge is 2.14. The van der Waals surface area contributed by atoms with E-state index in [2.05, 4.69) is 36.7 Å². The highest BCUT2D eigenvalue weighted by Crippen LogP contribution is 2.23. The molecule has 0 saturated heterocycles. The predicted molar refractivity (Wildman–Crippen MR) is 141 cm³/mol. The number of carbonyl (C=O) groups is 2. The summed E-state index contributed by atoms with van der Waals surface area (Å²) in [6, 6.07) is 22.0. The molecule has 3 N–H and O–H groups in total. The molecule has 0 saturated carbocycles. The summed E-state index contributed by atoms with van der Waals surface area (Å²) in [4.78, 5) is 24.9. The average Bonchev–Trinajstić information content (AvgIpc) is 2.79. The Balaban J connectivity index is 1.55. The molecule has 0 spiro atoms. The highest BCUT2D eigenvalue weighted by atomic mass is 32.1. The van der Waals surface area contributed by atoms with Gasteiger partial charge in [0, 0.05) is 16.9 Å². The predicted octanol–water partition coefficient (Wildman–Crippen LogP) is 5.30. The van der Waals surface area contributed by atoms with Crippen molar-refractivity contribution in [3.8, 4) is 5.75 Å². The second-order valence-electron chi connectivity index (χ2n) is 8.89. The van der Waals surface area contributed by atoms with Crippen LogP contribution in [0.25, 0.3) is 0 Å². The van der Waals surface area contributed by atoms with E-state index in [1.807, 2.05) is 36.4 Å². The van der Waals surface area contributed by atoms with Gasteiger partial charge in [0.05, 0.1) is 13.5 Å². The molecule has 0 aliphatic heterocycles. The smallest absolute Gasteiger partial charge is 0.255 e. The molecule has 0 atom stereocenters. The lowest BCUT2D eigenvalue weighted by Crippen LogP contribution is -2.35. The first kappa shape index (κ1) is 24.9. The van der Waals surface area contributed by atoms with Crippen LogP contribution in [0.5, 0.6) is 5.75 Å². The van der Waals surface area contributed by atoms with Crippen LogP contribution in [0.4, 0.5) is 11.4 Å². The maximum atomic E-state index is 12.6. The summed E-state index contributed by atoms with van der Waals surface area (Å²) in [5, 5.41) is 8.73. The number of ether oxygens (including phenoxy) is 1. The molecule has 0 unspecified atom stereocenters. The number of methoxy groups -OCH3 is 1. The SMILES string of the molecule is COc1ccc(CC(=O)NC(=S)Nc2cccc(NC(=O)c3ccc(C(C)(C)C)cc3)c2)cc1. The van der Waals surface area contributed by atoms with E-state index < -0.39 is 0 Å². The van der Waals surface area contributed by atoms with Crippen molar-refractivity contribution in [2.45, 2.75) is 32.6 Å². The molecule has 0 aromatic heterocycles. The van der Waals surface area contributed by atoms with Crippen molar-refractivity contribution < 1.29 is 14.3 Å². The molecule has 0 aliphatic rings. The zero-order valence-corrected chi connectivity index (χ0v) is 20.6. The van der Waals surface area contributed by atoms with Gasteiger partial charge in [-0.3, -0.25) is 9.59 Å². The molecule has 7 heteroatoms. The second-order valence-corrected chi connectivity index (χ2v) is 9.30. The maximum absolute atomic E-state index is 12.6. The number of benzene rings is 3. The Kier molecular flexibility index (Phi) is 8.02. The first-order chi connectivity index (χ1) is 16.1. The van der Waals surface area contributed by atoms with Crippen molar-refractivity contribution in [1.29, 1.82) is 0 Å². The van der Waals surface area contributed by atoms with Crippen molar-refractivity contribution in [1.82, 2.24) is 5.32 Å². The maximum Gasteiger partial charge on any atom is 0.255 e. The van der Waals surface area contributed by atoms with Crippen molar-refractivity contribution in [3.63, 3.8) is 0 Å². The summed E-state index contributed by atoms with van der Waals surface area (Å²) in [5.74, 6) is 0.300. The fourth-order valence-electron chi connectivity index (χ4n) is 3.26.